The Kier molecular flexibility index (Phi) is 4.43. The molecule has 0 aliphatic carbocycles. The second-order valence-electron chi connectivity index (χ2n) is 4.33. The van der Waals surface area contributed by atoms with Crippen LogP contribution in [0.25, 0.3) is 0 Å². The molecule has 22 heavy (non-hydrogen) atoms. The van der Waals surface area contributed by atoms with Crippen molar-refractivity contribution in [2.24, 2.45) is 0 Å². The van der Waals surface area contributed by atoms with Gasteiger partial charge in [-0.2, -0.15) is 13.2 Å². The number of H-pyrrole nitrogens is 1. The predicted molar refractivity (Wildman–Crippen MR) is 66.5 cm³/mol. The van der Waals surface area contributed by atoms with E-state index in [0.717, 1.165) is 6.07 Å². The summed E-state index contributed by atoms with van der Waals surface area (Å²) < 4.78 is 55.8. The van der Waals surface area contributed by atoms with Crippen molar-refractivity contribution in [1.29, 1.82) is 0 Å². The summed E-state index contributed by atoms with van der Waals surface area (Å²) in [6.07, 6.45) is -4.84. The third-order valence-corrected chi connectivity index (χ3v) is 2.71. The molecule has 118 valence electrons. The van der Waals surface area contributed by atoms with Crippen molar-refractivity contribution in [1.82, 2.24) is 15.2 Å². The molecule has 1 aromatic carbocycles. The van der Waals surface area contributed by atoms with Gasteiger partial charge in [0, 0.05) is 6.42 Å². The first-order valence-corrected chi connectivity index (χ1v) is 6.25. The first-order chi connectivity index (χ1) is 10.3. The number of nitrogens with zero attached hydrogens (tertiary/aromatic N) is 2. The lowest BCUT2D eigenvalue weighted by atomic mass is 10.1. The Morgan fingerprint density at radius 1 is 1.32 bits per heavy atom. The number of carbonyl (C=O) groups excluding carboxylic acids is 1. The lowest BCUT2D eigenvalue weighted by Gasteiger charge is -2.09. The third-order valence-electron chi connectivity index (χ3n) is 2.71. The van der Waals surface area contributed by atoms with Crippen molar-refractivity contribution in [3.05, 3.63) is 46.8 Å². The van der Waals surface area contributed by atoms with Crippen molar-refractivity contribution in [2.45, 2.75) is 19.5 Å². The summed E-state index contributed by atoms with van der Waals surface area (Å²) in [6, 6.07) is 2.64. The lowest BCUT2D eigenvalue weighted by Crippen LogP contribution is -2.09. The quantitative estimate of drug-likeness (QED) is 0.695. The Bertz CT molecular complexity index is 682. The summed E-state index contributed by atoms with van der Waals surface area (Å²) in [7, 11) is 0. The monoisotopic (exact) mass is 317 g/mol. The van der Waals surface area contributed by atoms with Gasteiger partial charge >= 0.3 is 12.1 Å². The van der Waals surface area contributed by atoms with Crippen LogP contribution in [0.2, 0.25) is 0 Å². The highest BCUT2D eigenvalue weighted by atomic mass is 19.4. The Labute approximate surface area is 122 Å². The van der Waals surface area contributed by atoms with Gasteiger partial charge in [-0.15, -0.1) is 10.2 Å². The average Bonchev–Trinajstić information content (AvgIpc) is 2.88. The molecule has 0 aliphatic rings. The number of aromatic nitrogens is 3. The van der Waals surface area contributed by atoms with Gasteiger partial charge in [-0.05, 0) is 24.6 Å². The molecule has 0 atom stereocenters. The number of halogens is 4. The average molecular weight is 317 g/mol. The van der Waals surface area contributed by atoms with Gasteiger partial charge in [-0.1, -0.05) is 6.07 Å². The number of alkyl halides is 3. The maximum absolute atomic E-state index is 13.2. The molecule has 0 spiro atoms. The smallest absolute Gasteiger partial charge is 0.419 e. The Balaban J connectivity index is 2.20. The summed E-state index contributed by atoms with van der Waals surface area (Å²) >= 11 is 0. The molecule has 1 aromatic heterocycles. The van der Waals surface area contributed by atoms with Crippen LogP contribution in [0.5, 0.6) is 0 Å². The fourth-order valence-electron chi connectivity index (χ4n) is 1.76. The van der Waals surface area contributed by atoms with Crippen molar-refractivity contribution in [2.75, 3.05) is 6.61 Å². The van der Waals surface area contributed by atoms with Crippen molar-refractivity contribution in [3.63, 3.8) is 0 Å². The van der Waals surface area contributed by atoms with Crippen molar-refractivity contribution in [3.8, 4) is 0 Å². The standard InChI is InChI=1S/C13H11F4N3O2/c1-2-22-12(21)11-18-10(19-20-11)6-7-3-4-9(14)8(5-7)13(15,16)17/h3-5H,2,6H2,1H3,(H,18,19,20). The summed E-state index contributed by atoms with van der Waals surface area (Å²) in [5.41, 5.74) is -1.17. The highest BCUT2D eigenvalue weighted by molar-refractivity contribution is 5.84. The SMILES string of the molecule is CCOC(=O)c1nnc(Cc2ccc(F)c(C(F)(F)F)c2)[nH]1. The topological polar surface area (TPSA) is 67.9 Å². The number of hydrogen-bond acceptors (Lipinski definition) is 4. The zero-order valence-electron chi connectivity index (χ0n) is 11.4. The number of ether oxygens (including phenoxy) is 1. The highest BCUT2D eigenvalue weighted by Crippen LogP contribution is 2.32. The van der Waals surface area contributed by atoms with E-state index in [2.05, 4.69) is 15.2 Å². The molecule has 2 rings (SSSR count). The van der Waals surface area contributed by atoms with E-state index in [1.54, 1.807) is 6.92 Å². The Morgan fingerprint density at radius 2 is 2.05 bits per heavy atom. The van der Waals surface area contributed by atoms with E-state index in [1.807, 2.05) is 0 Å². The molecular formula is C13H11F4N3O2. The Morgan fingerprint density at radius 3 is 2.68 bits per heavy atom. The molecule has 0 fully saturated rings. The second kappa shape index (κ2) is 6.12. The molecule has 0 saturated heterocycles. The highest BCUT2D eigenvalue weighted by Gasteiger charge is 2.34. The number of benzene rings is 1. The normalized spacial score (nSPS) is 11.5. The van der Waals surface area contributed by atoms with Crippen LogP contribution in [0.3, 0.4) is 0 Å². The minimum Gasteiger partial charge on any atom is -0.460 e. The third kappa shape index (κ3) is 3.60. The molecule has 2 aromatic rings. The molecular weight excluding hydrogens is 306 g/mol. The molecule has 1 N–H and O–H groups in total. The van der Waals surface area contributed by atoms with E-state index in [1.165, 1.54) is 6.07 Å². The number of esters is 1. The molecule has 0 amide bonds. The first-order valence-electron chi connectivity index (χ1n) is 6.25. The fraction of sp³-hybridized carbons (Fsp3) is 0.308. The molecule has 0 bridgehead atoms. The molecule has 0 aliphatic heterocycles. The van der Waals surface area contributed by atoms with Gasteiger partial charge in [0.2, 0.25) is 5.82 Å². The van der Waals surface area contributed by atoms with Gasteiger partial charge in [0.25, 0.3) is 0 Å². The minimum absolute atomic E-state index is 0.0598. The number of rotatable bonds is 4. The summed E-state index contributed by atoms with van der Waals surface area (Å²) in [5.74, 6) is -2.03. The molecule has 9 heteroatoms. The molecule has 5 nitrogen and oxygen atoms in total. The maximum Gasteiger partial charge on any atom is 0.419 e. The summed E-state index contributed by atoms with van der Waals surface area (Å²) in [4.78, 5) is 13.9. The van der Waals surface area contributed by atoms with Crippen LogP contribution < -0.4 is 0 Å². The van der Waals surface area contributed by atoms with Crippen LogP contribution in [-0.4, -0.2) is 27.8 Å². The van der Waals surface area contributed by atoms with Crippen LogP contribution in [-0.2, 0) is 17.3 Å². The van der Waals surface area contributed by atoms with Crippen molar-refractivity contribution < 1.29 is 27.1 Å². The van der Waals surface area contributed by atoms with Crippen LogP contribution in [0.4, 0.5) is 17.6 Å². The lowest BCUT2D eigenvalue weighted by molar-refractivity contribution is -0.140. The summed E-state index contributed by atoms with van der Waals surface area (Å²) in [5, 5.41) is 7.19. The molecule has 0 unspecified atom stereocenters. The maximum atomic E-state index is 13.2. The van der Waals surface area contributed by atoms with E-state index in [9.17, 15) is 22.4 Å². The van der Waals surface area contributed by atoms with Gasteiger partial charge < -0.3 is 9.72 Å². The van der Waals surface area contributed by atoms with Crippen LogP contribution >= 0.6 is 0 Å². The van der Waals surface area contributed by atoms with E-state index in [-0.39, 0.29) is 30.2 Å². The number of hydrogen-bond donors (Lipinski definition) is 1. The van der Waals surface area contributed by atoms with Crippen LogP contribution in [0.15, 0.2) is 18.2 Å². The van der Waals surface area contributed by atoms with Gasteiger partial charge in [0.05, 0.1) is 12.2 Å². The van der Waals surface area contributed by atoms with E-state index in [4.69, 9.17) is 4.74 Å². The number of carbonyl (C=O) groups is 1. The summed E-state index contributed by atoms with van der Waals surface area (Å²) in [6.45, 7) is 1.77. The van der Waals surface area contributed by atoms with Crippen LogP contribution in [0.1, 0.15) is 34.5 Å². The second-order valence-corrected chi connectivity index (χ2v) is 4.33. The van der Waals surface area contributed by atoms with Gasteiger partial charge in [0.15, 0.2) is 0 Å². The first kappa shape index (κ1) is 15.9. The zero-order valence-corrected chi connectivity index (χ0v) is 11.4. The van der Waals surface area contributed by atoms with E-state index >= 15 is 0 Å². The van der Waals surface area contributed by atoms with E-state index in [0.29, 0.717) is 6.07 Å². The van der Waals surface area contributed by atoms with E-state index < -0.39 is 23.5 Å². The van der Waals surface area contributed by atoms with Gasteiger partial charge in [0.1, 0.15) is 11.6 Å². The zero-order chi connectivity index (χ0) is 16.3. The number of aromatic amines is 1. The molecule has 1 heterocycles. The minimum atomic E-state index is -4.78. The molecule has 0 radical (unpaired) electrons. The Hall–Kier alpha value is -2.45. The predicted octanol–water partition coefficient (Wildman–Crippen LogP) is 2.73. The fourth-order valence-corrected chi connectivity index (χ4v) is 1.76. The number of nitrogens with one attached hydrogen (secondary N) is 1. The van der Waals surface area contributed by atoms with Crippen LogP contribution in [0, 0.1) is 5.82 Å². The largest absolute Gasteiger partial charge is 0.460 e. The van der Waals surface area contributed by atoms with Gasteiger partial charge in [-0.3, -0.25) is 0 Å². The van der Waals surface area contributed by atoms with Gasteiger partial charge in [-0.25, -0.2) is 9.18 Å². The molecule has 0 saturated carbocycles. The van der Waals surface area contributed by atoms with Crippen molar-refractivity contribution >= 4 is 5.97 Å².